The largest absolute Gasteiger partial charge is 0.343 e. The van der Waals surface area contributed by atoms with Crippen LogP contribution in [0.4, 0.5) is 0 Å². The van der Waals surface area contributed by atoms with E-state index in [4.69, 9.17) is 6.57 Å². The monoisotopic (exact) mass is 204 g/mol. The van der Waals surface area contributed by atoms with Crippen LogP contribution in [0.1, 0.15) is 22.3 Å². The lowest BCUT2D eigenvalue weighted by molar-refractivity contribution is -0.126. The number of likely N-dealkylation sites (N-methyl/N-ethyl adjacent to an activating group) is 1. The molecular weight excluding hydrogens is 180 g/mol. The van der Waals surface area contributed by atoms with Gasteiger partial charge in [0.2, 0.25) is 0 Å². The van der Waals surface area contributed by atoms with Crippen LogP contribution in [0.3, 0.4) is 0 Å². The normalized spacial score (nSPS) is 7.46. The number of carbonyl (C=O) groups is 1. The van der Waals surface area contributed by atoms with E-state index in [0.29, 0.717) is 0 Å². The van der Waals surface area contributed by atoms with Crippen LogP contribution in [0.5, 0.6) is 0 Å². The molecule has 0 saturated heterocycles. The Balaban J connectivity index is -0.000000135. The van der Waals surface area contributed by atoms with Crippen molar-refractivity contribution in [1.82, 2.24) is 4.90 Å². The first-order valence-electron chi connectivity index (χ1n) is 3.29. The fourth-order valence-corrected chi connectivity index (χ4v) is 1.57. The van der Waals surface area contributed by atoms with E-state index in [2.05, 4.69) is 11.4 Å². The summed E-state index contributed by atoms with van der Waals surface area (Å²) in [4.78, 5) is 15.5. The summed E-state index contributed by atoms with van der Waals surface area (Å²) in [6, 6.07) is 0. The number of rotatable bonds is 3. The van der Waals surface area contributed by atoms with Crippen LogP contribution < -0.4 is 0 Å². The van der Waals surface area contributed by atoms with Crippen molar-refractivity contribution in [1.29, 1.82) is 0 Å². The molecule has 3 nitrogen and oxygen atoms in total. The number of hydrogen-bond donors (Lipinski definition) is 0. The van der Waals surface area contributed by atoms with Crippen LogP contribution >= 0.6 is 0 Å². The standard InChI is InChI=1S/C6H12N2OSi.3CH4/c1-7-4-6(9)8(2)5-10-3;;;/h4-5,10H2,2-3H3;3*1H4. The van der Waals surface area contributed by atoms with Crippen LogP contribution in [-0.2, 0) is 4.79 Å². The lowest BCUT2D eigenvalue weighted by Crippen LogP contribution is -2.31. The molecule has 13 heavy (non-hydrogen) atoms. The predicted molar refractivity (Wildman–Crippen MR) is 63.7 cm³/mol. The molecule has 0 aliphatic heterocycles. The highest BCUT2D eigenvalue weighted by atomic mass is 28.2. The van der Waals surface area contributed by atoms with E-state index < -0.39 is 0 Å². The lowest BCUT2D eigenvalue weighted by atomic mass is 10.6. The first-order chi connectivity index (χ1) is 4.72. The van der Waals surface area contributed by atoms with Crippen molar-refractivity contribution in [3.05, 3.63) is 11.4 Å². The maximum atomic E-state index is 10.9. The maximum absolute atomic E-state index is 10.9. The third kappa shape index (κ3) is 11.2. The minimum absolute atomic E-state index is 0. The Labute approximate surface area is 85.8 Å². The van der Waals surface area contributed by atoms with Gasteiger partial charge in [0.15, 0.2) is 0 Å². The van der Waals surface area contributed by atoms with Gasteiger partial charge in [-0.1, -0.05) is 28.8 Å². The van der Waals surface area contributed by atoms with Crippen molar-refractivity contribution in [3.63, 3.8) is 0 Å². The second kappa shape index (κ2) is 13.7. The average Bonchev–Trinajstić information content (AvgIpc) is 1.89. The Morgan fingerprint density at radius 1 is 1.46 bits per heavy atom. The zero-order valence-electron chi connectivity index (χ0n) is 6.42. The van der Waals surface area contributed by atoms with Crippen molar-refractivity contribution >= 4 is 15.4 Å². The van der Waals surface area contributed by atoms with Gasteiger partial charge in [-0.15, -0.1) is 0 Å². The molecule has 0 aromatic heterocycles. The second-order valence-electron chi connectivity index (χ2n) is 2.13. The molecule has 0 radical (unpaired) electrons. The number of nitrogens with zero attached hydrogens (tertiary/aromatic N) is 2. The summed E-state index contributed by atoms with van der Waals surface area (Å²) >= 11 is 0. The van der Waals surface area contributed by atoms with Gasteiger partial charge >= 0.3 is 5.91 Å². The SMILES string of the molecule is C.C.C.[C-]#[N+]CC(=O)N(C)C[SiH2]C. The van der Waals surface area contributed by atoms with Gasteiger partial charge in [-0.2, -0.15) is 0 Å². The summed E-state index contributed by atoms with van der Waals surface area (Å²) in [5.74, 6) is -0.0515. The molecule has 0 heterocycles. The molecule has 0 aliphatic carbocycles. The van der Waals surface area contributed by atoms with E-state index in [1.807, 2.05) is 0 Å². The number of hydrogen-bond acceptors (Lipinski definition) is 1. The highest BCUT2D eigenvalue weighted by Crippen LogP contribution is 1.83. The van der Waals surface area contributed by atoms with Gasteiger partial charge in [-0.3, -0.25) is 4.79 Å². The highest BCUT2D eigenvalue weighted by molar-refractivity contribution is 6.34. The Morgan fingerprint density at radius 2 is 1.92 bits per heavy atom. The van der Waals surface area contributed by atoms with Crippen LogP contribution in [0.15, 0.2) is 0 Å². The maximum Gasteiger partial charge on any atom is 0.302 e. The number of carbonyl (C=O) groups excluding carboxylic acids is 1. The van der Waals surface area contributed by atoms with Crippen LogP contribution in [0.25, 0.3) is 4.85 Å². The summed E-state index contributed by atoms with van der Waals surface area (Å²) in [5.41, 5.74) is 0. The molecule has 0 N–H and O–H groups in total. The molecule has 0 aromatic rings. The zero-order valence-corrected chi connectivity index (χ0v) is 7.84. The van der Waals surface area contributed by atoms with Gasteiger partial charge < -0.3 is 9.74 Å². The molecular formula is C9H24N2OSi. The highest BCUT2D eigenvalue weighted by Gasteiger charge is 2.08. The Kier molecular flexibility index (Phi) is 24.1. The van der Waals surface area contributed by atoms with Crippen molar-refractivity contribution in [3.8, 4) is 0 Å². The molecule has 0 atom stereocenters. The molecule has 0 saturated carbocycles. The summed E-state index contributed by atoms with van der Waals surface area (Å²) in [6.07, 6.45) is 0.883. The fraction of sp³-hybridized carbons (Fsp3) is 0.778. The average molecular weight is 204 g/mol. The van der Waals surface area contributed by atoms with E-state index in [1.165, 1.54) is 0 Å². The summed E-state index contributed by atoms with van der Waals surface area (Å²) < 4.78 is 0. The summed E-state index contributed by atoms with van der Waals surface area (Å²) in [5, 5.41) is 0. The van der Waals surface area contributed by atoms with Crippen molar-refractivity contribution < 1.29 is 4.79 Å². The quantitative estimate of drug-likeness (QED) is 0.504. The topological polar surface area (TPSA) is 24.7 Å². The molecule has 80 valence electrons. The van der Waals surface area contributed by atoms with Crippen molar-refractivity contribution in [2.45, 2.75) is 28.8 Å². The van der Waals surface area contributed by atoms with Gasteiger partial charge in [0.05, 0.1) is 0 Å². The smallest absolute Gasteiger partial charge is 0.302 e. The van der Waals surface area contributed by atoms with Crippen molar-refractivity contribution in [2.24, 2.45) is 0 Å². The van der Waals surface area contributed by atoms with Gasteiger partial charge in [-0.25, -0.2) is 6.57 Å². The molecule has 0 bridgehead atoms. The van der Waals surface area contributed by atoms with Crippen molar-refractivity contribution in [2.75, 3.05) is 19.8 Å². The first kappa shape index (κ1) is 22.8. The van der Waals surface area contributed by atoms with E-state index >= 15 is 0 Å². The predicted octanol–water partition coefficient (Wildman–Crippen LogP) is 1.45. The fourth-order valence-electron chi connectivity index (χ4n) is 0.648. The minimum atomic E-state index is -0.0910. The first-order valence-corrected chi connectivity index (χ1v) is 5.71. The number of amides is 1. The van der Waals surface area contributed by atoms with E-state index in [0.717, 1.165) is 6.17 Å². The molecule has 0 aromatic carbocycles. The molecule has 1 amide bonds. The van der Waals surface area contributed by atoms with E-state index in [-0.39, 0.29) is 44.3 Å². The Bertz CT molecular complexity index is 154. The summed E-state index contributed by atoms with van der Waals surface area (Å²) in [7, 11) is 1.66. The molecule has 0 unspecified atom stereocenters. The lowest BCUT2D eigenvalue weighted by Gasteiger charge is -2.11. The molecule has 0 rings (SSSR count). The summed E-state index contributed by atoms with van der Waals surface area (Å²) in [6.45, 7) is 8.59. The molecule has 0 aliphatic rings. The third-order valence-corrected chi connectivity index (χ3v) is 2.32. The van der Waals surface area contributed by atoms with Crippen LogP contribution in [0.2, 0.25) is 6.55 Å². The van der Waals surface area contributed by atoms with Gasteiger partial charge in [0.1, 0.15) is 0 Å². The third-order valence-electron chi connectivity index (χ3n) is 1.20. The van der Waals surface area contributed by atoms with Crippen LogP contribution in [0, 0.1) is 6.57 Å². The minimum Gasteiger partial charge on any atom is -0.343 e. The molecule has 0 spiro atoms. The van der Waals surface area contributed by atoms with Gasteiger partial charge in [-0.05, 0) is 0 Å². The molecule has 0 fully saturated rings. The van der Waals surface area contributed by atoms with Gasteiger partial charge in [0, 0.05) is 22.7 Å². The zero-order chi connectivity index (χ0) is 7.98. The second-order valence-corrected chi connectivity index (χ2v) is 3.58. The van der Waals surface area contributed by atoms with Gasteiger partial charge in [0.25, 0.3) is 6.54 Å². The van der Waals surface area contributed by atoms with E-state index in [9.17, 15) is 4.79 Å². The Morgan fingerprint density at radius 3 is 2.23 bits per heavy atom. The molecule has 4 heteroatoms. The Hall–Kier alpha value is -0.823. The van der Waals surface area contributed by atoms with Crippen LogP contribution in [-0.4, -0.2) is 40.1 Å². The van der Waals surface area contributed by atoms with E-state index in [1.54, 1.807) is 11.9 Å².